The molecular weight excluding hydrogens is 470 g/mol. The summed E-state index contributed by atoms with van der Waals surface area (Å²) in [5.41, 5.74) is 3.70. The lowest BCUT2D eigenvalue weighted by Crippen LogP contribution is -2.14. The summed E-state index contributed by atoms with van der Waals surface area (Å²) < 4.78 is 1.81. The van der Waals surface area contributed by atoms with Gasteiger partial charge >= 0.3 is 0 Å². The van der Waals surface area contributed by atoms with Crippen LogP contribution in [-0.2, 0) is 11.8 Å². The number of rotatable bonds is 7. The number of hydrogen-bond acceptors (Lipinski definition) is 5. The number of para-hydroxylation sites is 1. The van der Waals surface area contributed by atoms with Crippen molar-refractivity contribution < 1.29 is 9.59 Å². The molecule has 1 aromatic heterocycles. The van der Waals surface area contributed by atoms with E-state index in [-0.39, 0.29) is 17.6 Å². The number of amides is 2. The van der Waals surface area contributed by atoms with Crippen LogP contribution in [0, 0.1) is 6.92 Å². The van der Waals surface area contributed by atoms with Gasteiger partial charge in [0.2, 0.25) is 5.91 Å². The molecule has 9 heteroatoms. The third-order valence-corrected chi connectivity index (χ3v) is 6.36. The lowest BCUT2D eigenvalue weighted by molar-refractivity contribution is -0.113. The molecule has 0 aliphatic carbocycles. The number of nitrogens with one attached hydrogen (secondary N) is 2. The zero-order valence-corrected chi connectivity index (χ0v) is 20.2. The van der Waals surface area contributed by atoms with Crippen LogP contribution < -0.4 is 10.6 Å². The minimum atomic E-state index is -0.191. The number of nitrogens with zero attached hydrogens (tertiary/aromatic N) is 3. The van der Waals surface area contributed by atoms with Gasteiger partial charge in [-0.05, 0) is 43.3 Å². The molecule has 0 spiro atoms. The second-order valence-electron chi connectivity index (χ2n) is 7.58. The summed E-state index contributed by atoms with van der Waals surface area (Å²) in [4.78, 5) is 24.9. The van der Waals surface area contributed by atoms with Crippen molar-refractivity contribution in [2.45, 2.75) is 12.1 Å². The van der Waals surface area contributed by atoms with Gasteiger partial charge in [-0.25, -0.2) is 0 Å². The normalized spacial score (nSPS) is 10.7. The zero-order chi connectivity index (χ0) is 24.1. The Morgan fingerprint density at radius 2 is 1.74 bits per heavy atom. The van der Waals surface area contributed by atoms with Crippen molar-refractivity contribution in [1.29, 1.82) is 0 Å². The van der Waals surface area contributed by atoms with Crippen molar-refractivity contribution in [2.24, 2.45) is 7.05 Å². The SMILES string of the molecule is Cc1ccc(C(=O)Nc2cccc(-c3nnc(SCC(=O)Nc4ccccc4Cl)n3C)c2)cc1. The van der Waals surface area contributed by atoms with Crippen LogP contribution in [0.1, 0.15) is 15.9 Å². The molecule has 1 heterocycles. The number of aryl methyl sites for hydroxylation is 1. The van der Waals surface area contributed by atoms with E-state index < -0.39 is 0 Å². The van der Waals surface area contributed by atoms with Gasteiger partial charge < -0.3 is 15.2 Å². The summed E-state index contributed by atoms with van der Waals surface area (Å²) in [6, 6.07) is 21.9. The molecule has 3 aromatic carbocycles. The van der Waals surface area contributed by atoms with Crippen LogP contribution in [0.4, 0.5) is 11.4 Å². The van der Waals surface area contributed by atoms with E-state index in [9.17, 15) is 9.59 Å². The number of halogens is 1. The zero-order valence-electron chi connectivity index (χ0n) is 18.6. The summed E-state index contributed by atoms with van der Waals surface area (Å²) in [5.74, 6) is 0.406. The van der Waals surface area contributed by atoms with E-state index >= 15 is 0 Å². The number of carbonyl (C=O) groups excluding carboxylic acids is 2. The number of hydrogen-bond donors (Lipinski definition) is 2. The highest BCUT2D eigenvalue weighted by Crippen LogP contribution is 2.26. The predicted molar refractivity (Wildman–Crippen MR) is 136 cm³/mol. The van der Waals surface area contributed by atoms with Gasteiger partial charge in [-0.1, -0.05) is 65.3 Å². The predicted octanol–water partition coefficient (Wildman–Crippen LogP) is 5.43. The molecule has 172 valence electrons. The smallest absolute Gasteiger partial charge is 0.255 e. The van der Waals surface area contributed by atoms with E-state index in [2.05, 4.69) is 20.8 Å². The van der Waals surface area contributed by atoms with Crippen molar-refractivity contribution in [3.63, 3.8) is 0 Å². The first kappa shape index (κ1) is 23.5. The first-order valence-corrected chi connectivity index (χ1v) is 11.8. The molecule has 2 amide bonds. The van der Waals surface area contributed by atoms with Crippen LogP contribution in [0.5, 0.6) is 0 Å². The highest BCUT2D eigenvalue weighted by molar-refractivity contribution is 7.99. The van der Waals surface area contributed by atoms with E-state index in [1.165, 1.54) is 11.8 Å². The maximum Gasteiger partial charge on any atom is 0.255 e. The highest BCUT2D eigenvalue weighted by Gasteiger charge is 2.15. The Hall–Kier alpha value is -3.62. The van der Waals surface area contributed by atoms with Crippen LogP contribution >= 0.6 is 23.4 Å². The van der Waals surface area contributed by atoms with E-state index in [4.69, 9.17) is 11.6 Å². The van der Waals surface area contributed by atoms with E-state index in [0.717, 1.165) is 11.1 Å². The van der Waals surface area contributed by atoms with Gasteiger partial charge in [-0.2, -0.15) is 0 Å². The van der Waals surface area contributed by atoms with E-state index in [1.54, 1.807) is 36.4 Å². The van der Waals surface area contributed by atoms with Crippen molar-refractivity contribution in [2.75, 3.05) is 16.4 Å². The summed E-state index contributed by atoms with van der Waals surface area (Å²) >= 11 is 7.37. The fourth-order valence-electron chi connectivity index (χ4n) is 3.22. The molecule has 2 N–H and O–H groups in total. The molecule has 0 atom stereocenters. The van der Waals surface area contributed by atoms with Crippen LogP contribution in [0.2, 0.25) is 5.02 Å². The van der Waals surface area contributed by atoms with Crippen molar-refractivity contribution in [3.05, 3.63) is 88.9 Å². The fraction of sp³-hybridized carbons (Fsp3) is 0.120. The first-order chi connectivity index (χ1) is 16.4. The maximum absolute atomic E-state index is 12.6. The molecular formula is C25H22ClN5O2S. The van der Waals surface area contributed by atoms with Gasteiger partial charge in [0, 0.05) is 23.9 Å². The van der Waals surface area contributed by atoms with Crippen LogP contribution in [-0.4, -0.2) is 32.3 Å². The Bertz CT molecular complexity index is 1340. The molecule has 0 bridgehead atoms. The van der Waals surface area contributed by atoms with Gasteiger partial charge in [-0.3, -0.25) is 9.59 Å². The Morgan fingerprint density at radius 1 is 0.971 bits per heavy atom. The number of aromatic nitrogens is 3. The number of thioether (sulfide) groups is 1. The standard InChI is InChI=1S/C25H22ClN5O2S/c1-16-10-12-17(13-11-16)24(33)27-19-7-5-6-18(14-19)23-29-30-25(31(23)2)34-15-22(32)28-21-9-4-3-8-20(21)26/h3-14H,15H2,1-2H3,(H,27,33)(H,28,32). The average molecular weight is 492 g/mol. The fourth-order valence-corrected chi connectivity index (χ4v) is 4.11. The Morgan fingerprint density at radius 3 is 2.50 bits per heavy atom. The molecule has 0 fully saturated rings. The van der Waals surface area contributed by atoms with Crippen molar-refractivity contribution >= 4 is 46.6 Å². The third kappa shape index (κ3) is 5.65. The summed E-state index contributed by atoms with van der Waals surface area (Å²) in [6.07, 6.45) is 0. The van der Waals surface area contributed by atoms with Crippen LogP contribution in [0.3, 0.4) is 0 Å². The van der Waals surface area contributed by atoms with Crippen LogP contribution in [0.25, 0.3) is 11.4 Å². The number of carbonyl (C=O) groups is 2. The Kier molecular flexibility index (Phi) is 7.30. The summed E-state index contributed by atoms with van der Waals surface area (Å²) in [5, 5.41) is 15.3. The molecule has 0 aliphatic heterocycles. The maximum atomic E-state index is 12.6. The largest absolute Gasteiger partial charge is 0.324 e. The first-order valence-electron chi connectivity index (χ1n) is 10.5. The second-order valence-corrected chi connectivity index (χ2v) is 8.93. The van der Waals surface area contributed by atoms with E-state index in [0.29, 0.717) is 32.9 Å². The van der Waals surface area contributed by atoms with Gasteiger partial charge in [-0.15, -0.1) is 10.2 Å². The monoisotopic (exact) mass is 491 g/mol. The van der Waals surface area contributed by atoms with Gasteiger partial charge in [0.25, 0.3) is 5.91 Å². The second kappa shape index (κ2) is 10.5. The topological polar surface area (TPSA) is 88.9 Å². The van der Waals surface area contributed by atoms with Crippen LogP contribution in [0.15, 0.2) is 78.0 Å². The van der Waals surface area contributed by atoms with Crippen molar-refractivity contribution in [1.82, 2.24) is 14.8 Å². The Labute approximate surface area is 206 Å². The molecule has 0 unspecified atom stereocenters. The Balaban J connectivity index is 1.42. The minimum absolute atomic E-state index is 0.157. The molecule has 7 nitrogen and oxygen atoms in total. The molecule has 0 saturated carbocycles. The third-order valence-electron chi connectivity index (χ3n) is 5.01. The van der Waals surface area contributed by atoms with Gasteiger partial charge in [0.1, 0.15) is 0 Å². The minimum Gasteiger partial charge on any atom is -0.324 e. The van der Waals surface area contributed by atoms with E-state index in [1.807, 2.05) is 54.9 Å². The highest BCUT2D eigenvalue weighted by atomic mass is 35.5. The summed E-state index contributed by atoms with van der Waals surface area (Å²) in [6.45, 7) is 1.98. The molecule has 0 aliphatic rings. The molecule has 0 radical (unpaired) electrons. The lowest BCUT2D eigenvalue weighted by Gasteiger charge is -2.09. The molecule has 34 heavy (non-hydrogen) atoms. The molecule has 4 rings (SSSR count). The van der Waals surface area contributed by atoms with Gasteiger partial charge in [0.15, 0.2) is 11.0 Å². The quantitative estimate of drug-likeness (QED) is 0.337. The summed E-state index contributed by atoms with van der Waals surface area (Å²) in [7, 11) is 1.83. The molecule has 4 aromatic rings. The van der Waals surface area contributed by atoms with Gasteiger partial charge in [0.05, 0.1) is 16.5 Å². The number of anilines is 2. The number of benzene rings is 3. The molecule has 0 saturated heterocycles. The lowest BCUT2D eigenvalue weighted by atomic mass is 10.1. The van der Waals surface area contributed by atoms with Crippen molar-refractivity contribution in [3.8, 4) is 11.4 Å². The average Bonchev–Trinajstić information content (AvgIpc) is 3.20.